The molecule has 132 valence electrons. The lowest BCUT2D eigenvalue weighted by Crippen LogP contribution is -2.30. The third kappa shape index (κ3) is 8.89. The quantitative estimate of drug-likeness (QED) is 0.563. The summed E-state index contributed by atoms with van der Waals surface area (Å²) in [4.78, 5) is 33.7. The van der Waals surface area contributed by atoms with Crippen LogP contribution in [0, 0.1) is 0 Å². The Morgan fingerprint density at radius 3 is 2.38 bits per heavy atom. The Hall–Kier alpha value is -2.41. The van der Waals surface area contributed by atoms with Gasteiger partial charge in [-0.05, 0) is 38.0 Å². The van der Waals surface area contributed by atoms with Crippen molar-refractivity contribution in [2.75, 3.05) is 18.5 Å². The molecule has 0 saturated carbocycles. The Morgan fingerprint density at radius 1 is 1.12 bits per heavy atom. The first-order valence-corrected chi connectivity index (χ1v) is 7.85. The van der Waals surface area contributed by atoms with E-state index in [1.54, 1.807) is 24.3 Å². The highest BCUT2D eigenvalue weighted by atomic mass is 16.5. The number of benzene rings is 1. The zero-order valence-electron chi connectivity index (χ0n) is 14.0. The topological polar surface area (TPSA) is 105 Å². The van der Waals surface area contributed by atoms with Gasteiger partial charge in [0.2, 0.25) is 11.8 Å². The number of carboxylic acid groups (broad SMARTS) is 1. The number of hydrogen-bond acceptors (Lipinski definition) is 4. The minimum absolute atomic E-state index is 0.0886. The van der Waals surface area contributed by atoms with E-state index in [1.165, 1.54) is 0 Å². The van der Waals surface area contributed by atoms with Crippen molar-refractivity contribution in [2.24, 2.45) is 0 Å². The molecule has 0 heterocycles. The number of nitrogens with one attached hydrogen (secondary N) is 2. The van der Waals surface area contributed by atoms with Crippen molar-refractivity contribution < 1.29 is 24.2 Å². The summed E-state index contributed by atoms with van der Waals surface area (Å²) in [5.74, 6) is -1.53. The molecular formula is C17H24N2O5. The van der Waals surface area contributed by atoms with Gasteiger partial charge in [0, 0.05) is 18.7 Å². The second-order valence-electron chi connectivity index (χ2n) is 5.62. The van der Waals surface area contributed by atoms with E-state index in [9.17, 15) is 14.4 Å². The summed E-state index contributed by atoms with van der Waals surface area (Å²) in [6, 6.07) is 6.86. The van der Waals surface area contributed by atoms with Crippen molar-refractivity contribution in [3.05, 3.63) is 29.8 Å². The standard InChI is InChI=1S/C17H24N2O5/c1-12(2)24-9-3-4-15(20)19-14-7-5-13(6-8-14)10-16(21)18-11-17(22)23/h5-8,12H,3-4,9-11H2,1-2H3,(H,18,21)(H,19,20)(H,22,23). The maximum atomic E-state index is 11.8. The summed E-state index contributed by atoms with van der Waals surface area (Å²) < 4.78 is 5.38. The Kier molecular flexibility index (Phi) is 8.49. The number of rotatable bonds is 10. The molecule has 0 spiro atoms. The van der Waals surface area contributed by atoms with Gasteiger partial charge < -0.3 is 20.5 Å². The van der Waals surface area contributed by atoms with E-state index >= 15 is 0 Å². The summed E-state index contributed by atoms with van der Waals surface area (Å²) in [5.41, 5.74) is 1.39. The molecule has 0 unspecified atom stereocenters. The van der Waals surface area contributed by atoms with Crippen LogP contribution >= 0.6 is 0 Å². The van der Waals surface area contributed by atoms with Crippen LogP contribution in [0.25, 0.3) is 0 Å². The largest absolute Gasteiger partial charge is 0.480 e. The van der Waals surface area contributed by atoms with E-state index in [2.05, 4.69) is 10.6 Å². The van der Waals surface area contributed by atoms with Gasteiger partial charge in [-0.1, -0.05) is 12.1 Å². The molecule has 1 rings (SSSR count). The maximum absolute atomic E-state index is 11.8. The van der Waals surface area contributed by atoms with E-state index in [0.717, 1.165) is 5.56 Å². The lowest BCUT2D eigenvalue weighted by atomic mass is 10.1. The highest BCUT2D eigenvalue weighted by Gasteiger charge is 2.06. The van der Waals surface area contributed by atoms with Gasteiger partial charge in [0.1, 0.15) is 6.54 Å². The predicted octanol–water partition coefficient (Wildman–Crippen LogP) is 1.57. The molecule has 0 aromatic heterocycles. The molecule has 0 aliphatic heterocycles. The third-order valence-electron chi connectivity index (χ3n) is 3.04. The van der Waals surface area contributed by atoms with Crippen LogP contribution < -0.4 is 10.6 Å². The molecule has 1 aromatic rings. The first kappa shape index (κ1) is 19.6. The summed E-state index contributed by atoms with van der Waals surface area (Å²) in [7, 11) is 0. The number of carboxylic acids is 1. The number of carbonyl (C=O) groups excluding carboxylic acids is 2. The Bertz CT molecular complexity index is 555. The number of amides is 2. The first-order valence-electron chi connectivity index (χ1n) is 7.85. The van der Waals surface area contributed by atoms with Gasteiger partial charge in [-0.3, -0.25) is 14.4 Å². The normalized spacial score (nSPS) is 10.5. The minimum atomic E-state index is -1.08. The molecule has 7 nitrogen and oxygen atoms in total. The lowest BCUT2D eigenvalue weighted by molar-refractivity contribution is -0.137. The summed E-state index contributed by atoms with van der Waals surface area (Å²) in [6.07, 6.45) is 1.29. The fourth-order valence-electron chi connectivity index (χ4n) is 1.90. The molecule has 2 amide bonds. The van der Waals surface area contributed by atoms with E-state index in [4.69, 9.17) is 9.84 Å². The number of hydrogen-bond donors (Lipinski definition) is 3. The van der Waals surface area contributed by atoms with Crippen molar-refractivity contribution in [2.45, 2.75) is 39.2 Å². The molecule has 1 aromatic carbocycles. The van der Waals surface area contributed by atoms with Crippen LogP contribution in [-0.2, 0) is 25.5 Å². The fourth-order valence-corrected chi connectivity index (χ4v) is 1.90. The SMILES string of the molecule is CC(C)OCCCC(=O)Nc1ccc(CC(=O)NCC(=O)O)cc1. The monoisotopic (exact) mass is 336 g/mol. The number of ether oxygens (including phenoxy) is 1. The fraction of sp³-hybridized carbons (Fsp3) is 0.471. The lowest BCUT2D eigenvalue weighted by Gasteiger charge is -2.08. The second kappa shape index (κ2) is 10.4. The van der Waals surface area contributed by atoms with Gasteiger partial charge in [-0.2, -0.15) is 0 Å². The smallest absolute Gasteiger partial charge is 0.322 e. The second-order valence-corrected chi connectivity index (χ2v) is 5.62. The van der Waals surface area contributed by atoms with Crippen LogP contribution in [0.2, 0.25) is 0 Å². The van der Waals surface area contributed by atoms with Crippen molar-refractivity contribution >= 4 is 23.5 Å². The van der Waals surface area contributed by atoms with Crippen LogP contribution in [0.4, 0.5) is 5.69 Å². The number of aliphatic carboxylic acids is 1. The van der Waals surface area contributed by atoms with Gasteiger partial charge >= 0.3 is 5.97 Å². The number of anilines is 1. The Morgan fingerprint density at radius 2 is 1.79 bits per heavy atom. The Balaban J connectivity index is 2.34. The molecule has 7 heteroatoms. The van der Waals surface area contributed by atoms with Crippen molar-refractivity contribution in [1.29, 1.82) is 0 Å². The summed E-state index contributed by atoms with van der Waals surface area (Å²) in [5, 5.41) is 13.6. The van der Waals surface area contributed by atoms with Gasteiger partial charge in [0.05, 0.1) is 12.5 Å². The summed E-state index contributed by atoms with van der Waals surface area (Å²) >= 11 is 0. The molecule has 0 saturated heterocycles. The van der Waals surface area contributed by atoms with Crippen LogP contribution in [0.3, 0.4) is 0 Å². The molecule has 0 fully saturated rings. The third-order valence-corrected chi connectivity index (χ3v) is 3.04. The highest BCUT2D eigenvalue weighted by molar-refractivity contribution is 5.90. The average Bonchev–Trinajstić information content (AvgIpc) is 2.51. The van der Waals surface area contributed by atoms with Crippen LogP contribution in [0.15, 0.2) is 24.3 Å². The van der Waals surface area contributed by atoms with Gasteiger partial charge in [-0.25, -0.2) is 0 Å². The van der Waals surface area contributed by atoms with Crippen molar-refractivity contribution in [1.82, 2.24) is 5.32 Å². The van der Waals surface area contributed by atoms with E-state index in [0.29, 0.717) is 25.1 Å². The van der Waals surface area contributed by atoms with Gasteiger partial charge in [-0.15, -0.1) is 0 Å². The molecule has 0 radical (unpaired) electrons. The molecular weight excluding hydrogens is 312 g/mol. The van der Waals surface area contributed by atoms with Crippen LogP contribution in [0.5, 0.6) is 0 Å². The Labute approximate surface area is 141 Å². The van der Waals surface area contributed by atoms with Crippen molar-refractivity contribution in [3.63, 3.8) is 0 Å². The van der Waals surface area contributed by atoms with Crippen LogP contribution in [0.1, 0.15) is 32.3 Å². The molecule has 0 aliphatic rings. The molecule has 0 bridgehead atoms. The first-order chi connectivity index (χ1) is 11.4. The van der Waals surface area contributed by atoms with E-state index < -0.39 is 12.5 Å². The van der Waals surface area contributed by atoms with Crippen molar-refractivity contribution in [3.8, 4) is 0 Å². The minimum Gasteiger partial charge on any atom is -0.480 e. The van der Waals surface area contributed by atoms with E-state index in [-0.39, 0.29) is 24.3 Å². The average molecular weight is 336 g/mol. The van der Waals surface area contributed by atoms with Crippen LogP contribution in [-0.4, -0.2) is 42.1 Å². The van der Waals surface area contributed by atoms with Gasteiger partial charge in [0.25, 0.3) is 0 Å². The maximum Gasteiger partial charge on any atom is 0.322 e. The van der Waals surface area contributed by atoms with E-state index in [1.807, 2.05) is 13.8 Å². The highest BCUT2D eigenvalue weighted by Crippen LogP contribution is 2.11. The molecule has 0 aliphatic carbocycles. The zero-order valence-corrected chi connectivity index (χ0v) is 14.0. The number of carbonyl (C=O) groups is 3. The predicted molar refractivity (Wildman–Crippen MR) is 89.7 cm³/mol. The molecule has 3 N–H and O–H groups in total. The summed E-state index contributed by atoms with van der Waals surface area (Å²) in [6.45, 7) is 4.05. The molecule has 0 atom stereocenters. The molecule has 24 heavy (non-hydrogen) atoms. The zero-order chi connectivity index (χ0) is 17.9. The van der Waals surface area contributed by atoms with Gasteiger partial charge in [0.15, 0.2) is 0 Å².